The molecular formula is C28H40N4O4S2. The topological polar surface area (TPSA) is 83.0 Å². The second-order valence-corrected chi connectivity index (χ2v) is 13.6. The number of aryl methyl sites for hydroxylation is 1. The van der Waals surface area contributed by atoms with Gasteiger partial charge in [-0.15, -0.1) is 0 Å². The van der Waals surface area contributed by atoms with Crippen LogP contribution in [-0.2, 0) is 10.0 Å². The van der Waals surface area contributed by atoms with Gasteiger partial charge in [-0.1, -0.05) is 45.1 Å². The lowest BCUT2D eigenvalue weighted by Crippen LogP contribution is -2.37. The Kier molecular flexibility index (Phi) is 9.91. The van der Waals surface area contributed by atoms with Gasteiger partial charge in [0, 0.05) is 31.7 Å². The number of hydrogen-bond donors (Lipinski definition) is 0. The number of aromatic nitrogens is 1. The van der Waals surface area contributed by atoms with E-state index in [0.29, 0.717) is 42.6 Å². The lowest BCUT2D eigenvalue weighted by Gasteiger charge is -2.26. The molecule has 0 spiro atoms. The third-order valence-corrected chi connectivity index (χ3v) is 9.10. The number of benzene rings is 2. The first-order valence-electron chi connectivity index (χ1n) is 12.9. The van der Waals surface area contributed by atoms with Crippen LogP contribution in [0.2, 0.25) is 0 Å². The van der Waals surface area contributed by atoms with E-state index in [4.69, 9.17) is 9.72 Å². The normalized spacial score (nSPS) is 12.3. The Morgan fingerprint density at radius 2 is 1.58 bits per heavy atom. The van der Waals surface area contributed by atoms with Crippen LogP contribution in [0.4, 0.5) is 5.13 Å². The van der Waals surface area contributed by atoms with E-state index in [9.17, 15) is 13.2 Å². The molecule has 0 fully saturated rings. The van der Waals surface area contributed by atoms with E-state index in [1.807, 2.05) is 65.7 Å². The van der Waals surface area contributed by atoms with Crippen molar-refractivity contribution in [2.45, 2.75) is 39.5 Å². The molecule has 3 rings (SSSR count). The van der Waals surface area contributed by atoms with Gasteiger partial charge in [-0.25, -0.2) is 13.4 Å². The molecule has 0 radical (unpaired) electrons. The second kappa shape index (κ2) is 12.5. The van der Waals surface area contributed by atoms with Crippen LogP contribution >= 0.6 is 11.3 Å². The summed E-state index contributed by atoms with van der Waals surface area (Å²) in [6, 6.07) is 10.1. The Balaban J connectivity index is 1.97. The lowest BCUT2D eigenvalue weighted by atomic mass is 10.2. The Morgan fingerprint density at radius 1 is 0.974 bits per heavy atom. The summed E-state index contributed by atoms with van der Waals surface area (Å²) in [5.41, 5.74) is 2.20. The number of hydrogen-bond acceptors (Lipinski definition) is 7. The highest BCUT2D eigenvalue weighted by Gasteiger charge is 2.27. The fourth-order valence-corrected chi connectivity index (χ4v) is 6.97. The number of nitrogens with zero attached hydrogens (tertiary/aromatic N) is 4. The van der Waals surface area contributed by atoms with Crippen LogP contribution < -0.4 is 9.64 Å². The minimum Gasteiger partial charge on any atom is -0.494 e. The monoisotopic (exact) mass is 560 g/mol. The molecule has 2 aromatic carbocycles. The molecule has 1 amide bonds. The maximum atomic E-state index is 13.7. The number of ether oxygens (including phenoxy) is 1. The van der Waals surface area contributed by atoms with E-state index in [1.54, 1.807) is 28.4 Å². The van der Waals surface area contributed by atoms with E-state index in [2.05, 4.69) is 0 Å². The van der Waals surface area contributed by atoms with Crippen molar-refractivity contribution in [3.8, 4) is 5.75 Å². The number of rotatable bonds is 12. The Bertz CT molecular complexity index is 1340. The summed E-state index contributed by atoms with van der Waals surface area (Å²) < 4.78 is 34.8. The third kappa shape index (κ3) is 6.91. The molecule has 0 aliphatic rings. The van der Waals surface area contributed by atoms with Gasteiger partial charge in [0.05, 0.1) is 16.7 Å². The number of likely N-dealkylation sites (N-methyl/N-ethyl adjacent to an activating group) is 1. The lowest BCUT2D eigenvalue weighted by molar-refractivity contribution is 0.0985. The van der Waals surface area contributed by atoms with Gasteiger partial charge in [0.15, 0.2) is 5.13 Å². The molecule has 0 N–H and O–H groups in total. The SMILES string of the molecule is COc1ccc(C)c2sc(N(CCN(C)C)C(=O)c3ccc(S(=O)(=O)N(CC(C)C)CC(C)C)cc3)nc12. The second-order valence-electron chi connectivity index (χ2n) is 10.7. The van der Waals surface area contributed by atoms with Crippen molar-refractivity contribution >= 4 is 42.6 Å². The van der Waals surface area contributed by atoms with Crippen molar-refractivity contribution in [1.82, 2.24) is 14.2 Å². The first-order chi connectivity index (χ1) is 17.8. The highest BCUT2D eigenvalue weighted by atomic mass is 32.2. The van der Waals surface area contributed by atoms with Crippen LogP contribution in [0.5, 0.6) is 5.75 Å². The summed E-state index contributed by atoms with van der Waals surface area (Å²) in [5, 5.41) is 0.580. The fraction of sp³-hybridized carbons (Fsp3) is 0.500. The van der Waals surface area contributed by atoms with E-state index < -0.39 is 10.0 Å². The Labute approximate surface area is 231 Å². The maximum absolute atomic E-state index is 13.7. The number of thiazole rings is 1. The van der Waals surface area contributed by atoms with E-state index in [0.717, 1.165) is 15.8 Å². The molecule has 3 aromatic rings. The molecule has 1 heterocycles. The molecule has 1 aromatic heterocycles. The largest absolute Gasteiger partial charge is 0.494 e. The zero-order valence-corrected chi connectivity index (χ0v) is 25.3. The molecule has 0 saturated heterocycles. The molecule has 0 atom stereocenters. The number of amides is 1. The molecule has 8 nitrogen and oxygen atoms in total. The van der Waals surface area contributed by atoms with Gasteiger partial charge < -0.3 is 9.64 Å². The highest BCUT2D eigenvalue weighted by molar-refractivity contribution is 7.89. The number of fused-ring (bicyclic) bond motifs is 1. The van der Waals surface area contributed by atoms with Gasteiger partial charge in [0.1, 0.15) is 11.3 Å². The minimum absolute atomic E-state index is 0.190. The molecule has 208 valence electrons. The Morgan fingerprint density at radius 3 is 2.11 bits per heavy atom. The van der Waals surface area contributed by atoms with Gasteiger partial charge in [0.2, 0.25) is 10.0 Å². The van der Waals surface area contributed by atoms with Gasteiger partial charge in [-0.05, 0) is 68.8 Å². The predicted octanol–water partition coefficient (Wildman–Crippen LogP) is 5.12. The number of anilines is 1. The summed E-state index contributed by atoms with van der Waals surface area (Å²) in [4.78, 5) is 22.4. The summed E-state index contributed by atoms with van der Waals surface area (Å²) in [6.07, 6.45) is 0. The molecule has 0 aliphatic carbocycles. The van der Waals surface area contributed by atoms with E-state index in [-0.39, 0.29) is 22.6 Å². The fourth-order valence-electron chi connectivity index (χ4n) is 4.12. The third-order valence-electron chi connectivity index (χ3n) is 6.04. The molecule has 0 aliphatic heterocycles. The van der Waals surface area contributed by atoms with Crippen molar-refractivity contribution in [2.24, 2.45) is 11.8 Å². The van der Waals surface area contributed by atoms with Gasteiger partial charge >= 0.3 is 0 Å². The van der Waals surface area contributed by atoms with Crippen LogP contribution in [0.15, 0.2) is 41.3 Å². The van der Waals surface area contributed by atoms with E-state index >= 15 is 0 Å². The minimum atomic E-state index is -3.68. The van der Waals surface area contributed by atoms with Crippen LogP contribution in [-0.4, -0.2) is 75.9 Å². The quantitative estimate of drug-likeness (QED) is 0.306. The van der Waals surface area contributed by atoms with Crippen LogP contribution in [0.1, 0.15) is 43.6 Å². The smallest absolute Gasteiger partial charge is 0.260 e. The van der Waals surface area contributed by atoms with Crippen molar-refractivity contribution in [3.63, 3.8) is 0 Å². The Hall–Kier alpha value is -2.53. The number of carbonyl (C=O) groups is 1. The van der Waals surface area contributed by atoms with Crippen molar-refractivity contribution in [2.75, 3.05) is 52.3 Å². The van der Waals surface area contributed by atoms with Crippen molar-refractivity contribution in [1.29, 1.82) is 0 Å². The number of methoxy groups -OCH3 is 1. The summed E-state index contributed by atoms with van der Waals surface area (Å²) in [7, 11) is 1.83. The van der Waals surface area contributed by atoms with Gasteiger partial charge in [0.25, 0.3) is 5.91 Å². The van der Waals surface area contributed by atoms with Crippen LogP contribution in [0.25, 0.3) is 10.2 Å². The first-order valence-corrected chi connectivity index (χ1v) is 15.1. The maximum Gasteiger partial charge on any atom is 0.260 e. The zero-order chi connectivity index (χ0) is 28.2. The standard InChI is InChI=1S/C28H40N4O4S2/c1-19(2)17-31(18-20(3)4)38(34,35)23-12-10-22(11-13-23)27(33)32(16-15-30(6)7)28-29-25-24(36-8)14-9-21(5)26(25)37-28/h9-14,19-20H,15-18H2,1-8H3. The first kappa shape index (κ1) is 30.0. The molecule has 0 saturated carbocycles. The zero-order valence-electron chi connectivity index (χ0n) is 23.7. The van der Waals surface area contributed by atoms with Crippen LogP contribution in [0, 0.1) is 18.8 Å². The predicted molar refractivity (Wildman–Crippen MR) is 156 cm³/mol. The molecule has 0 unspecified atom stereocenters. The molecule has 10 heteroatoms. The van der Waals surface area contributed by atoms with E-state index in [1.165, 1.54) is 23.5 Å². The average molecular weight is 561 g/mol. The van der Waals surface area contributed by atoms with Gasteiger partial charge in [-0.2, -0.15) is 4.31 Å². The van der Waals surface area contributed by atoms with Crippen LogP contribution in [0.3, 0.4) is 0 Å². The van der Waals surface area contributed by atoms with Crippen molar-refractivity contribution in [3.05, 3.63) is 47.5 Å². The summed E-state index contributed by atoms with van der Waals surface area (Å²) in [5.74, 6) is 0.833. The van der Waals surface area contributed by atoms with Crippen molar-refractivity contribution < 1.29 is 17.9 Å². The molecule has 38 heavy (non-hydrogen) atoms. The summed E-state index contributed by atoms with van der Waals surface area (Å²) in [6.45, 7) is 12.0. The average Bonchev–Trinajstić information content (AvgIpc) is 3.29. The summed E-state index contributed by atoms with van der Waals surface area (Å²) >= 11 is 1.45. The number of carbonyl (C=O) groups excluding carboxylic acids is 1. The molecular weight excluding hydrogens is 520 g/mol. The highest BCUT2D eigenvalue weighted by Crippen LogP contribution is 2.37. The number of sulfonamides is 1. The molecule has 0 bridgehead atoms. The van der Waals surface area contributed by atoms with Gasteiger partial charge in [-0.3, -0.25) is 9.69 Å².